The third kappa shape index (κ3) is 4.75. The number of nitrogens with zero attached hydrogens (tertiary/aromatic N) is 1. The molecule has 2 heteroatoms. The van der Waals surface area contributed by atoms with Crippen LogP contribution in [0.4, 0.5) is 0 Å². The Balaban J connectivity index is 3.10. The van der Waals surface area contributed by atoms with Crippen LogP contribution in [0.5, 0.6) is 0 Å². The fraction of sp³-hybridized carbons (Fsp3) is 1.00. The van der Waals surface area contributed by atoms with E-state index in [1.807, 2.05) is 0 Å². The number of hydrogen-bond donors (Lipinski definition) is 0. The van der Waals surface area contributed by atoms with E-state index in [-0.39, 0.29) is 0 Å². The van der Waals surface area contributed by atoms with Crippen molar-refractivity contribution in [2.45, 2.75) is 17.9 Å². The molecule has 0 spiro atoms. The Morgan fingerprint density at radius 1 is 1.38 bits per heavy atom. The summed E-state index contributed by atoms with van der Waals surface area (Å²) in [6.45, 7) is 3.42. The molecule has 0 amide bonds. The molecule has 0 aliphatic rings. The molecule has 0 aromatic rings. The summed E-state index contributed by atoms with van der Waals surface area (Å²) in [4.78, 5) is 2.41. The zero-order valence-corrected chi connectivity index (χ0v) is 8.86. The molecule has 0 radical (unpaired) electrons. The molecular weight excluding hydrogens is 156 g/mol. The standard InChI is InChI=1S/C4H10N.2CH3.Ga/c1-4-5(2)3;;;/h2,4H2,1,3H3;2*1H3;. The van der Waals surface area contributed by atoms with E-state index in [1.165, 1.54) is 11.6 Å². The molecule has 0 saturated carbocycles. The van der Waals surface area contributed by atoms with Crippen LogP contribution < -0.4 is 0 Å². The van der Waals surface area contributed by atoms with Gasteiger partial charge >= 0.3 is 57.7 Å². The van der Waals surface area contributed by atoms with E-state index in [2.05, 4.69) is 29.8 Å². The van der Waals surface area contributed by atoms with E-state index in [0.717, 1.165) is 0 Å². The Bertz CT molecular complexity index is 54.5. The van der Waals surface area contributed by atoms with Gasteiger partial charge in [0.15, 0.2) is 0 Å². The molecular formula is C6H16GaN. The molecule has 0 bridgehead atoms. The van der Waals surface area contributed by atoms with Crippen LogP contribution in [0.3, 0.4) is 0 Å². The van der Waals surface area contributed by atoms with Crippen molar-refractivity contribution >= 4 is 16.2 Å². The van der Waals surface area contributed by atoms with Crippen molar-refractivity contribution in [2.24, 2.45) is 0 Å². The first kappa shape index (κ1) is 8.60. The molecule has 0 aliphatic carbocycles. The van der Waals surface area contributed by atoms with Crippen LogP contribution in [0.25, 0.3) is 0 Å². The minimum atomic E-state index is -0.714. The maximum atomic E-state index is 2.43. The first-order valence-corrected chi connectivity index (χ1v) is 9.91. The van der Waals surface area contributed by atoms with E-state index < -0.39 is 16.2 Å². The molecule has 0 saturated heterocycles. The molecule has 0 N–H and O–H groups in total. The van der Waals surface area contributed by atoms with Crippen LogP contribution >= 0.6 is 0 Å². The van der Waals surface area contributed by atoms with E-state index in [9.17, 15) is 0 Å². The molecule has 0 atom stereocenters. The van der Waals surface area contributed by atoms with Crippen molar-refractivity contribution in [3.05, 3.63) is 0 Å². The maximum absolute atomic E-state index is 2.43. The fourth-order valence-electron chi connectivity index (χ4n) is 0.752. The molecule has 8 heavy (non-hydrogen) atoms. The third-order valence-electron chi connectivity index (χ3n) is 1.22. The van der Waals surface area contributed by atoms with Gasteiger partial charge in [-0.05, 0) is 0 Å². The second-order valence-corrected chi connectivity index (χ2v) is 9.36. The Kier molecular flexibility index (Phi) is 4.81. The Hall–Kier alpha value is 0.596. The fourth-order valence-corrected chi connectivity index (χ4v) is 3.91. The van der Waals surface area contributed by atoms with Crippen molar-refractivity contribution in [2.75, 3.05) is 18.7 Å². The van der Waals surface area contributed by atoms with Gasteiger partial charge in [-0.1, -0.05) is 0 Å². The van der Waals surface area contributed by atoms with Crippen molar-refractivity contribution in [1.29, 1.82) is 0 Å². The van der Waals surface area contributed by atoms with Gasteiger partial charge in [0, 0.05) is 0 Å². The first-order chi connectivity index (χ1) is 3.66. The average molecular weight is 172 g/mol. The van der Waals surface area contributed by atoms with Crippen LogP contribution in [-0.4, -0.2) is 39.8 Å². The van der Waals surface area contributed by atoms with Gasteiger partial charge in [-0.25, -0.2) is 0 Å². The molecule has 1 nitrogen and oxygen atoms in total. The summed E-state index contributed by atoms with van der Waals surface area (Å²) in [5.74, 6) is 0. The van der Waals surface area contributed by atoms with Crippen LogP contribution in [0, 0.1) is 0 Å². The quantitative estimate of drug-likeness (QED) is 0.578. The third-order valence-corrected chi connectivity index (χ3v) is 4.06. The summed E-state index contributed by atoms with van der Waals surface area (Å²) >= 11 is -0.714. The average Bonchev–Trinajstić information content (AvgIpc) is 1.65. The Morgan fingerprint density at radius 2 is 1.88 bits per heavy atom. The van der Waals surface area contributed by atoms with E-state index >= 15 is 0 Å². The summed E-state index contributed by atoms with van der Waals surface area (Å²) in [5, 5.41) is 1.41. The second-order valence-electron chi connectivity index (χ2n) is 2.75. The number of hydrogen-bond acceptors (Lipinski definition) is 1. The topological polar surface area (TPSA) is 3.24 Å². The second kappa shape index (κ2) is 4.47. The van der Waals surface area contributed by atoms with Crippen molar-refractivity contribution in [3.8, 4) is 0 Å². The predicted octanol–water partition coefficient (Wildman–Crippen LogP) is 1.23. The molecule has 0 fully saturated rings. The molecule has 0 rings (SSSR count). The Labute approximate surface area is 58.1 Å². The molecule has 0 heterocycles. The summed E-state index contributed by atoms with van der Waals surface area (Å²) in [5.41, 5.74) is 4.86. The Morgan fingerprint density at radius 3 is 2.00 bits per heavy atom. The van der Waals surface area contributed by atoms with Crippen LogP contribution in [0.15, 0.2) is 0 Å². The summed E-state index contributed by atoms with van der Waals surface area (Å²) in [6.07, 6.45) is 0. The zero-order chi connectivity index (χ0) is 6.57. The molecule has 0 aromatic carbocycles. The molecule has 0 aliphatic heterocycles. The summed E-state index contributed by atoms with van der Waals surface area (Å²) < 4.78 is 0. The van der Waals surface area contributed by atoms with Gasteiger partial charge in [0.1, 0.15) is 0 Å². The SMILES string of the molecule is CCN(C)[CH2][Ga]([CH3])[CH3]. The van der Waals surface area contributed by atoms with Crippen LogP contribution in [0.1, 0.15) is 6.92 Å². The number of rotatable bonds is 3. The monoisotopic (exact) mass is 171 g/mol. The van der Waals surface area contributed by atoms with Gasteiger partial charge in [-0.15, -0.1) is 0 Å². The van der Waals surface area contributed by atoms with E-state index in [0.29, 0.717) is 0 Å². The van der Waals surface area contributed by atoms with E-state index in [1.54, 1.807) is 0 Å². The van der Waals surface area contributed by atoms with Crippen molar-refractivity contribution < 1.29 is 0 Å². The minimum absolute atomic E-state index is 0.714. The van der Waals surface area contributed by atoms with Crippen molar-refractivity contribution in [1.82, 2.24) is 4.90 Å². The predicted molar refractivity (Wildman–Crippen MR) is 40.7 cm³/mol. The van der Waals surface area contributed by atoms with Crippen LogP contribution in [-0.2, 0) is 0 Å². The molecule has 48 valence electrons. The summed E-state index contributed by atoms with van der Waals surface area (Å²) in [7, 11) is 2.20. The van der Waals surface area contributed by atoms with Gasteiger partial charge < -0.3 is 0 Å². The summed E-state index contributed by atoms with van der Waals surface area (Å²) in [6, 6.07) is 0. The van der Waals surface area contributed by atoms with Gasteiger partial charge in [0.2, 0.25) is 0 Å². The van der Waals surface area contributed by atoms with Crippen molar-refractivity contribution in [3.63, 3.8) is 0 Å². The van der Waals surface area contributed by atoms with Gasteiger partial charge in [-0.2, -0.15) is 0 Å². The normalized spacial score (nSPS) is 10.1. The van der Waals surface area contributed by atoms with Gasteiger partial charge in [0.05, 0.1) is 0 Å². The first-order valence-electron chi connectivity index (χ1n) is 3.35. The van der Waals surface area contributed by atoms with Gasteiger partial charge in [0.25, 0.3) is 0 Å². The van der Waals surface area contributed by atoms with E-state index in [4.69, 9.17) is 0 Å². The van der Waals surface area contributed by atoms with Crippen LogP contribution in [0.2, 0.25) is 11.0 Å². The van der Waals surface area contributed by atoms with Gasteiger partial charge in [-0.3, -0.25) is 0 Å². The molecule has 0 unspecified atom stereocenters. The molecule has 0 aromatic heterocycles. The zero-order valence-electron chi connectivity index (χ0n) is 6.44.